The summed E-state index contributed by atoms with van der Waals surface area (Å²) in [6.45, 7) is 3.71. The number of ether oxygens (including phenoxy) is 1. The Morgan fingerprint density at radius 2 is 2.13 bits per heavy atom. The number of rotatable bonds is 2. The van der Waals surface area contributed by atoms with Gasteiger partial charge < -0.3 is 9.84 Å². The lowest BCUT2D eigenvalue weighted by molar-refractivity contribution is 0.0844. The van der Waals surface area contributed by atoms with Gasteiger partial charge in [0.1, 0.15) is 0 Å². The summed E-state index contributed by atoms with van der Waals surface area (Å²) in [5.74, 6) is 0.533. The molecule has 1 aliphatic rings. The zero-order valence-electron chi connectivity index (χ0n) is 9.07. The van der Waals surface area contributed by atoms with Crippen LogP contribution in [0.3, 0.4) is 0 Å². The number of pyridine rings is 1. The molecule has 3 nitrogen and oxygen atoms in total. The van der Waals surface area contributed by atoms with Crippen LogP contribution in [-0.2, 0) is 11.3 Å². The quantitative estimate of drug-likeness (QED) is 0.803. The minimum absolute atomic E-state index is 0.0763. The summed E-state index contributed by atoms with van der Waals surface area (Å²) in [5, 5.41) is 9.06. The second kappa shape index (κ2) is 4.73. The molecule has 82 valence electrons. The fraction of sp³-hybridized carbons (Fsp3) is 0.583. The van der Waals surface area contributed by atoms with Gasteiger partial charge in [0.15, 0.2) is 0 Å². The van der Waals surface area contributed by atoms with Crippen molar-refractivity contribution in [2.45, 2.75) is 32.3 Å². The van der Waals surface area contributed by atoms with Crippen LogP contribution in [0.15, 0.2) is 12.1 Å². The third-order valence-electron chi connectivity index (χ3n) is 3.03. The van der Waals surface area contributed by atoms with Gasteiger partial charge in [0, 0.05) is 30.5 Å². The molecule has 1 fully saturated rings. The average Bonchev–Trinajstić information content (AvgIpc) is 2.30. The predicted molar refractivity (Wildman–Crippen MR) is 57.7 cm³/mol. The molecule has 1 saturated heterocycles. The van der Waals surface area contributed by atoms with Gasteiger partial charge in [0.2, 0.25) is 0 Å². The Morgan fingerprint density at radius 3 is 2.73 bits per heavy atom. The van der Waals surface area contributed by atoms with Gasteiger partial charge in [0.05, 0.1) is 6.61 Å². The molecular formula is C12H17NO2. The van der Waals surface area contributed by atoms with Crippen LogP contribution in [0.1, 0.15) is 35.7 Å². The molecule has 1 aromatic heterocycles. The zero-order chi connectivity index (χ0) is 10.7. The van der Waals surface area contributed by atoms with Crippen LogP contribution in [0.4, 0.5) is 0 Å². The van der Waals surface area contributed by atoms with Crippen LogP contribution in [0.5, 0.6) is 0 Å². The van der Waals surface area contributed by atoms with Crippen molar-refractivity contribution in [1.29, 1.82) is 0 Å². The van der Waals surface area contributed by atoms with Crippen molar-refractivity contribution in [3.63, 3.8) is 0 Å². The van der Waals surface area contributed by atoms with Crippen LogP contribution in [0, 0.1) is 6.92 Å². The second-order valence-electron chi connectivity index (χ2n) is 4.03. The number of hydrogen-bond donors (Lipinski definition) is 1. The normalized spacial score (nSPS) is 18.0. The summed E-state index contributed by atoms with van der Waals surface area (Å²) < 4.78 is 5.33. The molecule has 15 heavy (non-hydrogen) atoms. The SMILES string of the molecule is Cc1nc(C2CCOCC2)ccc1CO. The molecular weight excluding hydrogens is 190 g/mol. The number of aliphatic hydroxyl groups excluding tert-OH is 1. The Labute approximate surface area is 90.1 Å². The number of aromatic nitrogens is 1. The summed E-state index contributed by atoms with van der Waals surface area (Å²) in [6.07, 6.45) is 2.12. The van der Waals surface area contributed by atoms with E-state index in [1.807, 2.05) is 19.1 Å². The summed E-state index contributed by atoms with van der Waals surface area (Å²) in [4.78, 5) is 4.55. The first kappa shape index (κ1) is 10.6. The maximum Gasteiger partial charge on any atom is 0.0699 e. The molecule has 0 atom stereocenters. The van der Waals surface area contributed by atoms with Crippen LogP contribution in [0.25, 0.3) is 0 Å². The third-order valence-corrected chi connectivity index (χ3v) is 3.03. The fourth-order valence-corrected chi connectivity index (χ4v) is 2.00. The Hall–Kier alpha value is -0.930. The van der Waals surface area contributed by atoms with E-state index in [1.54, 1.807) is 0 Å². The summed E-state index contributed by atoms with van der Waals surface area (Å²) >= 11 is 0. The second-order valence-corrected chi connectivity index (χ2v) is 4.03. The van der Waals surface area contributed by atoms with Crippen molar-refractivity contribution < 1.29 is 9.84 Å². The molecule has 2 heterocycles. The lowest BCUT2D eigenvalue weighted by Crippen LogP contribution is -2.15. The minimum atomic E-state index is 0.0763. The van der Waals surface area contributed by atoms with E-state index >= 15 is 0 Å². The van der Waals surface area contributed by atoms with Gasteiger partial charge in [-0.05, 0) is 31.4 Å². The van der Waals surface area contributed by atoms with E-state index in [0.29, 0.717) is 5.92 Å². The molecule has 1 aromatic rings. The highest BCUT2D eigenvalue weighted by atomic mass is 16.5. The first-order valence-corrected chi connectivity index (χ1v) is 5.46. The van der Waals surface area contributed by atoms with E-state index in [1.165, 1.54) is 0 Å². The first-order chi connectivity index (χ1) is 7.31. The summed E-state index contributed by atoms with van der Waals surface area (Å²) in [6, 6.07) is 4.02. The molecule has 0 aromatic carbocycles. The zero-order valence-corrected chi connectivity index (χ0v) is 9.07. The highest BCUT2D eigenvalue weighted by molar-refractivity contribution is 5.23. The third kappa shape index (κ3) is 2.36. The Kier molecular flexibility index (Phi) is 3.34. The van der Waals surface area contributed by atoms with Crippen LogP contribution in [0.2, 0.25) is 0 Å². The van der Waals surface area contributed by atoms with E-state index in [-0.39, 0.29) is 6.61 Å². The van der Waals surface area contributed by atoms with Crippen molar-refractivity contribution in [1.82, 2.24) is 4.98 Å². The molecule has 0 amide bonds. The maximum absolute atomic E-state index is 9.06. The molecule has 2 rings (SSSR count). The smallest absolute Gasteiger partial charge is 0.0699 e. The van der Waals surface area contributed by atoms with Gasteiger partial charge in [0.25, 0.3) is 0 Å². The standard InChI is InChI=1S/C12H17NO2/c1-9-11(8-14)2-3-12(13-9)10-4-6-15-7-5-10/h2-3,10,14H,4-8H2,1H3. The molecule has 0 unspecified atom stereocenters. The van der Waals surface area contributed by atoms with Crippen LogP contribution >= 0.6 is 0 Å². The fourth-order valence-electron chi connectivity index (χ4n) is 2.00. The predicted octanol–water partition coefficient (Wildman–Crippen LogP) is 1.78. The topological polar surface area (TPSA) is 42.4 Å². The van der Waals surface area contributed by atoms with Gasteiger partial charge in [-0.3, -0.25) is 4.98 Å². The summed E-state index contributed by atoms with van der Waals surface area (Å²) in [5.41, 5.74) is 3.01. The molecule has 0 saturated carbocycles. The number of nitrogens with zero attached hydrogens (tertiary/aromatic N) is 1. The molecule has 1 N–H and O–H groups in total. The van der Waals surface area contributed by atoms with Crippen molar-refractivity contribution in [3.05, 3.63) is 29.1 Å². The molecule has 0 radical (unpaired) electrons. The molecule has 0 spiro atoms. The Morgan fingerprint density at radius 1 is 1.40 bits per heavy atom. The maximum atomic E-state index is 9.06. The van der Waals surface area contributed by atoms with E-state index < -0.39 is 0 Å². The molecule has 0 bridgehead atoms. The van der Waals surface area contributed by atoms with Gasteiger partial charge in [-0.15, -0.1) is 0 Å². The van der Waals surface area contributed by atoms with E-state index in [9.17, 15) is 0 Å². The van der Waals surface area contributed by atoms with Crippen molar-refractivity contribution >= 4 is 0 Å². The minimum Gasteiger partial charge on any atom is -0.392 e. The van der Waals surface area contributed by atoms with Crippen LogP contribution < -0.4 is 0 Å². The number of aryl methyl sites for hydroxylation is 1. The van der Waals surface area contributed by atoms with E-state index in [2.05, 4.69) is 4.98 Å². The monoisotopic (exact) mass is 207 g/mol. The Balaban J connectivity index is 2.17. The van der Waals surface area contributed by atoms with Crippen molar-refractivity contribution in [3.8, 4) is 0 Å². The lowest BCUT2D eigenvalue weighted by Gasteiger charge is -2.22. The summed E-state index contributed by atoms with van der Waals surface area (Å²) in [7, 11) is 0. The molecule has 3 heteroatoms. The largest absolute Gasteiger partial charge is 0.392 e. The van der Waals surface area contributed by atoms with Gasteiger partial charge in [-0.1, -0.05) is 6.07 Å². The average molecular weight is 207 g/mol. The highest BCUT2D eigenvalue weighted by Gasteiger charge is 2.17. The number of aliphatic hydroxyl groups is 1. The van der Waals surface area contributed by atoms with Gasteiger partial charge in [-0.2, -0.15) is 0 Å². The Bertz CT molecular complexity index is 332. The van der Waals surface area contributed by atoms with E-state index in [4.69, 9.17) is 9.84 Å². The first-order valence-electron chi connectivity index (χ1n) is 5.46. The molecule has 0 aliphatic carbocycles. The van der Waals surface area contributed by atoms with Gasteiger partial charge in [-0.25, -0.2) is 0 Å². The van der Waals surface area contributed by atoms with E-state index in [0.717, 1.165) is 43.0 Å². The van der Waals surface area contributed by atoms with Crippen molar-refractivity contribution in [2.24, 2.45) is 0 Å². The number of hydrogen-bond acceptors (Lipinski definition) is 3. The highest BCUT2D eigenvalue weighted by Crippen LogP contribution is 2.25. The lowest BCUT2D eigenvalue weighted by atomic mass is 9.95. The molecule has 1 aliphatic heterocycles. The van der Waals surface area contributed by atoms with Gasteiger partial charge >= 0.3 is 0 Å². The van der Waals surface area contributed by atoms with Crippen molar-refractivity contribution in [2.75, 3.05) is 13.2 Å². The van der Waals surface area contributed by atoms with Crippen LogP contribution in [-0.4, -0.2) is 23.3 Å².